The van der Waals surface area contributed by atoms with Crippen LogP contribution in [0.1, 0.15) is 27.3 Å². The topological polar surface area (TPSA) is 143 Å². The molecule has 5 rings (SSSR count). The van der Waals surface area contributed by atoms with E-state index in [2.05, 4.69) is 31.0 Å². The van der Waals surface area contributed by atoms with Gasteiger partial charge in [-0.25, -0.2) is 18.7 Å². The lowest BCUT2D eigenvalue weighted by Crippen LogP contribution is -2.28. The first-order chi connectivity index (χ1) is 17.4. The molecule has 3 aromatic heterocycles. The van der Waals surface area contributed by atoms with Crippen molar-refractivity contribution in [2.24, 2.45) is 0 Å². The Morgan fingerprint density at radius 2 is 2.00 bits per heavy atom. The number of carbonyl (C=O) groups excluding carboxylic acids is 1. The van der Waals surface area contributed by atoms with E-state index in [-0.39, 0.29) is 17.0 Å². The highest BCUT2D eigenvalue weighted by molar-refractivity contribution is 5.97. The van der Waals surface area contributed by atoms with Gasteiger partial charge in [0.15, 0.2) is 22.9 Å². The van der Waals surface area contributed by atoms with Crippen molar-refractivity contribution in [2.45, 2.75) is 18.6 Å². The molecule has 12 heteroatoms. The normalized spacial score (nSPS) is 16.4. The zero-order valence-electron chi connectivity index (χ0n) is 19.3. The Kier molecular flexibility index (Phi) is 5.84. The zero-order valence-corrected chi connectivity index (χ0v) is 19.3. The van der Waals surface area contributed by atoms with E-state index in [0.717, 1.165) is 0 Å². The molecule has 4 N–H and O–H groups in total. The Morgan fingerprint density at radius 3 is 2.69 bits per heavy atom. The minimum atomic E-state index is -1.11. The Balaban J connectivity index is 1.55. The lowest BCUT2D eigenvalue weighted by atomic mass is 10.0. The summed E-state index contributed by atoms with van der Waals surface area (Å²) in [6.07, 6.45) is 2.15. The van der Waals surface area contributed by atoms with E-state index >= 15 is 0 Å². The van der Waals surface area contributed by atoms with E-state index in [0.29, 0.717) is 40.6 Å². The average molecular weight is 491 g/mol. The summed E-state index contributed by atoms with van der Waals surface area (Å²) in [5.41, 5.74) is 2.42. The SMILES string of the molecule is CNc1cc(Nc2cccc(-c3ncccc3C(=O)O)c2OC)nn2c(C(=O)N[C@@H]3C[C@@H]3F)cnc12. The minimum Gasteiger partial charge on any atom is -0.494 e. The lowest BCUT2D eigenvalue weighted by molar-refractivity contribution is 0.0697. The summed E-state index contributed by atoms with van der Waals surface area (Å²) >= 11 is 0. The number of alkyl halides is 1. The molecule has 1 aliphatic rings. The number of carboxylic acids is 1. The molecule has 1 saturated carbocycles. The Morgan fingerprint density at radius 1 is 1.19 bits per heavy atom. The van der Waals surface area contributed by atoms with Crippen LogP contribution in [0.2, 0.25) is 0 Å². The van der Waals surface area contributed by atoms with Gasteiger partial charge in [-0.3, -0.25) is 9.78 Å². The van der Waals surface area contributed by atoms with Gasteiger partial charge in [-0.05, 0) is 24.3 Å². The monoisotopic (exact) mass is 491 g/mol. The third-order valence-corrected chi connectivity index (χ3v) is 5.77. The number of para-hydroxylation sites is 1. The molecule has 0 bridgehead atoms. The molecule has 4 aromatic rings. The number of halogens is 1. The quantitative estimate of drug-likeness (QED) is 0.292. The van der Waals surface area contributed by atoms with Crippen LogP contribution in [-0.2, 0) is 0 Å². The second-order valence-corrected chi connectivity index (χ2v) is 8.12. The molecular formula is C24H22FN7O4. The number of pyridine rings is 1. The van der Waals surface area contributed by atoms with E-state index in [9.17, 15) is 19.1 Å². The summed E-state index contributed by atoms with van der Waals surface area (Å²) in [7, 11) is 3.18. The molecule has 0 saturated heterocycles. The van der Waals surface area contributed by atoms with Crippen LogP contribution in [0.25, 0.3) is 16.9 Å². The first kappa shape index (κ1) is 23.0. The van der Waals surface area contributed by atoms with Crippen LogP contribution in [0.15, 0.2) is 48.8 Å². The van der Waals surface area contributed by atoms with E-state index in [4.69, 9.17) is 4.74 Å². The number of rotatable bonds is 8. The van der Waals surface area contributed by atoms with Crippen LogP contribution in [0.5, 0.6) is 5.75 Å². The van der Waals surface area contributed by atoms with Crippen molar-refractivity contribution < 1.29 is 23.8 Å². The van der Waals surface area contributed by atoms with Crippen molar-refractivity contribution in [2.75, 3.05) is 24.8 Å². The smallest absolute Gasteiger partial charge is 0.337 e. The van der Waals surface area contributed by atoms with Gasteiger partial charge in [0.1, 0.15) is 6.17 Å². The fourth-order valence-corrected chi connectivity index (χ4v) is 3.90. The summed E-state index contributed by atoms with van der Waals surface area (Å²) in [6, 6.07) is 9.42. The summed E-state index contributed by atoms with van der Waals surface area (Å²) in [5.74, 6) is -0.877. The number of hydrogen-bond acceptors (Lipinski definition) is 8. The molecule has 0 radical (unpaired) electrons. The van der Waals surface area contributed by atoms with Gasteiger partial charge < -0.3 is 25.8 Å². The Hall–Kier alpha value is -4.74. The number of fused-ring (bicyclic) bond motifs is 1. The van der Waals surface area contributed by atoms with Gasteiger partial charge in [0.05, 0.1) is 42.0 Å². The number of imidazole rings is 1. The average Bonchev–Trinajstić information content (AvgIpc) is 3.39. The molecule has 1 aliphatic carbocycles. The lowest BCUT2D eigenvalue weighted by Gasteiger charge is -2.16. The maximum atomic E-state index is 13.3. The highest BCUT2D eigenvalue weighted by Gasteiger charge is 2.39. The number of carbonyl (C=O) groups is 2. The van der Waals surface area contributed by atoms with Gasteiger partial charge in [-0.15, -0.1) is 5.10 Å². The molecule has 1 amide bonds. The number of aromatic carboxylic acids is 1. The fourth-order valence-electron chi connectivity index (χ4n) is 3.90. The summed E-state index contributed by atoms with van der Waals surface area (Å²) in [6.45, 7) is 0. The van der Waals surface area contributed by atoms with Crippen molar-refractivity contribution in [3.8, 4) is 17.0 Å². The molecule has 0 aliphatic heterocycles. The second-order valence-electron chi connectivity index (χ2n) is 8.12. The molecule has 2 atom stereocenters. The number of carboxylic acid groups (broad SMARTS) is 1. The number of ether oxygens (including phenoxy) is 1. The van der Waals surface area contributed by atoms with Gasteiger partial charge >= 0.3 is 5.97 Å². The van der Waals surface area contributed by atoms with E-state index < -0.39 is 24.1 Å². The third-order valence-electron chi connectivity index (χ3n) is 5.77. The highest BCUT2D eigenvalue weighted by Crippen LogP contribution is 2.38. The number of anilines is 3. The van der Waals surface area contributed by atoms with Crippen molar-refractivity contribution in [3.05, 3.63) is 60.0 Å². The molecule has 184 valence electrons. The predicted molar refractivity (Wildman–Crippen MR) is 130 cm³/mol. The van der Waals surface area contributed by atoms with Crippen LogP contribution in [0, 0.1) is 0 Å². The van der Waals surface area contributed by atoms with Gasteiger partial charge in [0.2, 0.25) is 0 Å². The number of nitrogens with zero attached hydrogens (tertiary/aromatic N) is 4. The van der Waals surface area contributed by atoms with Crippen molar-refractivity contribution in [1.82, 2.24) is 24.9 Å². The van der Waals surface area contributed by atoms with Crippen LogP contribution in [0.3, 0.4) is 0 Å². The fraction of sp³-hybridized carbons (Fsp3) is 0.208. The molecule has 11 nitrogen and oxygen atoms in total. The molecular weight excluding hydrogens is 469 g/mol. The minimum absolute atomic E-state index is 0.0326. The van der Waals surface area contributed by atoms with Crippen LogP contribution >= 0.6 is 0 Å². The third kappa shape index (κ3) is 4.13. The van der Waals surface area contributed by atoms with Crippen LogP contribution < -0.4 is 20.7 Å². The van der Waals surface area contributed by atoms with E-state index in [1.54, 1.807) is 37.4 Å². The van der Waals surface area contributed by atoms with E-state index in [1.165, 1.54) is 30.1 Å². The summed E-state index contributed by atoms with van der Waals surface area (Å²) < 4.78 is 20.3. The number of amides is 1. The largest absolute Gasteiger partial charge is 0.494 e. The van der Waals surface area contributed by atoms with Crippen LogP contribution in [0.4, 0.5) is 21.6 Å². The predicted octanol–water partition coefficient (Wildman–Crippen LogP) is 3.12. The van der Waals surface area contributed by atoms with Crippen molar-refractivity contribution in [3.63, 3.8) is 0 Å². The standard InChI is InChI=1S/C24H22FN7O4/c1-26-17-10-19(31-32-18(11-28-22(17)32)23(33)30-16-9-14(16)25)29-15-7-3-5-12(21(15)36-2)20-13(24(34)35)6-4-8-27-20/h3-8,10-11,14,16,26H,9H2,1-2H3,(H,29,31)(H,30,33)(H,34,35)/t14-,16+/m0/s1. The maximum Gasteiger partial charge on any atom is 0.337 e. The highest BCUT2D eigenvalue weighted by atomic mass is 19.1. The summed E-state index contributed by atoms with van der Waals surface area (Å²) in [4.78, 5) is 33.0. The number of methoxy groups -OCH3 is 1. The number of aromatic nitrogens is 4. The van der Waals surface area contributed by atoms with Gasteiger partial charge in [-0.2, -0.15) is 0 Å². The molecule has 0 spiro atoms. The summed E-state index contributed by atoms with van der Waals surface area (Å²) in [5, 5.41) is 23.0. The zero-order chi connectivity index (χ0) is 25.4. The molecule has 36 heavy (non-hydrogen) atoms. The number of hydrogen-bond donors (Lipinski definition) is 4. The number of nitrogens with one attached hydrogen (secondary N) is 3. The molecule has 3 heterocycles. The molecule has 0 unspecified atom stereocenters. The number of benzene rings is 1. The molecule has 1 fully saturated rings. The first-order valence-corrected chi connectivity index (χ1v) is 11.1. The van der Waals surface area contributed by atoms with Gasteiger partial charge in [0, 0.05) is 31.3 Å². The van der Waals surface area contributed by atoms with Crippen LogP contribution in [-0.4, -0.2) is 62.9 Å². The van der Waals surface area contributed by atoms with Crippen molar-refractivity contribution in [1.29, 1.82) is 0 Å². The Bertz CT molecular complexity index is 1490. The molecule has 1 aromatic carbocycles. The van der Waals surface area contributed by atoms with E-state index in [1.807, 2.05) is 0 Å². The second kappa shape index (κ2) is 9.13. The van der Waals surface area contributed by atoms with Crippen molar-refractivity contribution >= 4 is 34.7 Å². The first-order valence-electron chi connectivity index (χ1n) is 11.1. The Labute approximate surface area is 204 Å². The van der Waals surface area contributed by atoms with Gasteiger partial charge in [-0.1, -0.05) is 6.07 Å². The maximum absolute atomic E-state index is 13.3. The van der Waals surface area contributed by atoms with Gasteiger partial charge in [0.25, 0.3) is 5.91 Å².